The van der Waals surface area contributed by atoms with Crippen LogP contribution in [0.5, 0.6) is 5.75 Å². The van der Waals surface area contributed by atoms with Crippen LogP contribution in [0.25, 0.3) is 11.1 Å². The average molecular weight is 274 g/mol. The molecule has 0 unspecified atom stereocenters. The van der Waals surface area contributed by atoms with E-state index >= 15 is 0 Å². The van der Waals surface area contributed by atoms with Gasteiger partial charge in [0.05, 0.1) is 0 Å². The zero-order valence-corrected chi connectivity index (χ0v) is 11.1. The number of ether oxygens (including phenoxy) is 1. The molecule has 0 saturated carbocycles. The minimum Gasteiger partial charge on any atom is -0.481 e. The highest BCUT2D eigenvalue weighted by Crippen LogP contribution is 2.33. The second-order valence-electron chi connectivity index (χ2n) is 4.33. The molecule has 0 amide bonds. The predicted molar refractivity (Wildman–Crippen MR) is 74.3 cm³/mol. The standard InChI is InChI=1S/C16H15FO3/c1-2-11-5-3-4-6-13(11)14-9-12(17)7-8-15(14)20-10-16(18)19/h3-9H,2,10H2,1H3,(H,18,19). The number of halogens is 1. The van der Waals surface area contributed by atoms with Gasteiger partial charge in [-0.05, 0) is 35.7 Å². The van der Waals surface area contributed by atoms with Gasteiger partial charge in [-0.1, -0.05) is 31.2 Å². The molecular formula is C16H15FO3. The van der Waals surface area contributed by atoms with E-state index in [0.717, 1.165) is 17.5 Å². The van der Waals surface area contributed by atoms with Crippen molar-refractivity contribution in [2.75, 3.05) is 6.61 Å². The lowest BCUT2D eigenvalue weighted by Crippen LogP contribution is -2.10. The van der Waals surface area contributed by atoms with Crippen molar-refractivity contribution >= 4 is 5.97 Å². The summed E-state index contributed by atoms with van der Waals surface area (Å²) in [6.07, 6.45) is 0.797. The Bertz CT molecular complexity index is 623. The fraction of sp³-hybridized carbons (Fsp3) is 0.188. The molecule has 0 atom stereocenters. The first-order valence-electron chi connectivity index (χ1n) is 6.34. The van der Waals surface area contributed by atoms with Gasteiger partial charge < -0.3 is 9.84 Å². The van der Waals surface area contributed by atoms with Gasteiger partial charge in [0, 0.05) is 5.56 Å². The first kappa shape index (κ1) is 14.1. The van der Waals surface area contributed by atoms with E-state index in [4.69, 9.17) is 9.84 Å². The van der Waals surface area contributed by atoms with E-state index in [-0.39, 0.29) is 5.82 Å². The normalized spacial score (nSPS) is 10.3. The monoisotopic (exact) mass is 274 g/mol. The molecule has 0 aliphatic heterocycles. The molecule has 0 heterocycles. The molecule has 0 spiro atoms. The van der Waals surface area contributed by atoms with E-state index in [2.05, 4.69) is 0 Å². The van der Waals surface area contributed by atoms with E-state index in [9.17, 15) is 9.18 Å². The van der Waals surface area contributed by atoms with Crippen molar-refractivity contribution in [3.63, 3.8) is 0 Å². The molecule has 20 heavy (non-hydrogen) atoms. The smallest absolute Gasteiger partial charge is 0.341 e. The Hall–Kier alpha value is -2.36. The molecule has 3 nitrogen and oxygen atoms in total. The Morgan fingerprint density at radius 2 is 1.95 bits per heavy atom. The topological polar surface area (TPSA) is 46.5 Å². The number of rotatable bonds is 5. The van der Waals surface area contributed by atoms with Crippen molar-refractivity contribution in [1.82, 2.24) is 0 Å². The van der Waals surface area contributed by atoms with Crippen LogP contribution in [-0.4, -0.2) is 17.7 Å². The summed E-state index contributed by atoms with van der Waals surface area (Å²) in [7, 11) is 0. The van der Waals surface area contributed by atoms with Crippen LogP contribution in [-0.2, 0) is 11.2 Å². The van der Waals surface area contributed by atoms with E-state index in [1.54, 1.807) is 0 Å². The van der Waals surface area contributed by atoms with Gasteiger partial charge in [0.1, 0.15) is 11.6 Å². The van der Waals surface area contributed by atoms with Crippen molar-refractivity contribution in [2.45, 2.75) is 13.3 Å². The molecule has 4 heteroatoms. The van der Waals surface area contributed by atoms with Gasteiger partial charge >= 0.3 is 5.97 Å². The zero-order valence-electron chi connectivity index (χ0n) is 11.1. The number of aliphatic carboxylic acids is 1. The van der Waals surface area contributed by atoms with Crippen LogP contribution in [0.15, 0.2) is 42.5 Å². The van der Waals surface area contributed by atoms with E-state index < -0.39 is 12.6 Å². The molecule has 1 N–H and O–H groups in total. The molecule has 0 radical (unpaired) electrons. The maximum Gasteiger partial charge on any atom is 0.341 e. The van der Waals surface area contributed by atoms with Gasteiger partial charge in [-0.3, -0.25) is 0 Å². The van der Waals surface area contributed by atoms with Crippen molar-refractivity contribution in [2.24, 2.45) is 0 Å². The number of hydrogen-bond donors (Lipinski definition) is 1. The molecule has 0 bridgehead atoms. The van der Waals surface area contributed by atoms with Crippen LogP contribution < -0.4 is 4.74 Å². The van der Waals surface area contributed by atoms with Gasteiger partial charge in [-0.25, -0.2) is 9.18 Å². The summed E-state index contributed by atoms with van der Waals surface area (Å²) in [6, 6.07) is 11.7. The predicted octanol–water partition coefficient (Wildman–Crippen LogP) is 3.52. The zero-order chi connectivity index (χ0) is 14.5. The van der Waals surface area contributed by atoms with Gasteiger partial charge in [-0.15, -0.1) is 0 Å². The van der Waals surface area contributed by atoms with Crippen LogP contribution in [0.4, 0.5) is 4.39 Å². The summed E-state index contributed by atoms with van der Waals surface area (Å²) in [5, 5.41) is 8.69. The van der Waals surface area contributed by atoms with Crippen LogP contribution in [0.1, 0.15) is 12.5 Å². The molecule has 0 aliphatic carbocycles. The molecule has 2 rings (SSSR count). The van der Waals surface area contributed by atoms with Crippen molar-refractivity contribution < 1.29 is 19.0 Å². The Labute approximate surface area is 116 Å². The minimum atomic E-state index is -1.07. The summed E-state index contributed by atoms with van der Waals surface area (Å²) in [5.74, 6) is -1.08. The number of carbonyl (C=O) groups is 1. The van der Waals surface area contributed by atoms with Crippen LogP contribution >= 0.6 is 0 Å². The third-order valence-corrected chi connectivity index (χ3v) is 2.98. The van der Waals surface area contributed by atoms with Crippen molar-refractivity contribution in [1.29, 1.82) is 0 Å². The van der Waals surface area contributed by atoms with E-state index in [0.29, 0.717) is 11.3 Å². The second-order valence-corrected chi connectivity index (χ2v) is 4.33. The van der Waals surface area contributed by atoms with Crippen molar-refractivity contribution in [3.8, 4) is 16.9 Å². The largest absolute Gasteiger partial charge is 0.481 e. The summed E-state index contributed by atoms with van der Waals surface area (Å²) in [4.78, 5) is 10.6. The highest BCUT2D eigenvalue weighted by atomic mass is 19.1. The molecule has 0 saturated heterocycles. The Kier molecular flexibility index (Phi) is 4.35. The maximum absolute atomic E-state index is 13.5. The molecule has 2 aromatic carbocycles. The third kappa shape index (κ3) is 3.15. The molecule has 2 aromatic rings. The van der Waals surface area contributed by atoms with Crippen LogP contribution in [0, 0.1) is 5.82 Å². The number of carboxylic acid groups (broad SMARTS) is 1. The molecule has 0 aliphatic rings. The third-order valence-electron chi connectivity index (χ3n) is 2.98. The lowest BCUT2D eigenvalue weighted by molar-refractivity contribution is -0.139. The first-order valence-corrected chi connectivity index (χ1v) is 6.34. The number of aryl methyl sites for hydroxylation is 1. The minimum absolute atomic E-state index is 0.370. The Balaban J connectivity index is 2.48. The summed E-state index contributed by atoms with van der Waals surface area (Å²) < 4.78 is 18.7. The number of benzene rings is 2. The lowest BCUT2D eigenvalue weighted by atomic mass is 9.97. The summed E-state index contributed by atoms with van der Waals surface area (Å²) in [6.45, 7) is 1.56. The van der Waals surface area contributed by atoms with Gasteiger partial charge in [0.25, 0.3) is 0 Å². The number of hydrogen-bond acceptors (Lipinski definition) is 2. The van der Waals surface area contributed by atoms with Crippen LogP contribution in [0.3, 0.4) is 0 Å². The first-order chi connectivity index (χ1) is 9.61. The highest BCUT2D eigenvalue weighted by molar-refractivity contribution is 5.74. The lowest BCUT2D eigenvalue weighted by Gasteiger charge is -2.13. The molecule has 0 fully saturated rings. The number of carboxylic acids is 1. The Morgan fingerprint density at radius 3 is 2.65 bits per heavy atom. The molecule has 0 aromatic heterocycles. The van der Waals surface area contributed by atoms with Gasteiger partial charge in [0.15, 0.2) is 6.61 Å². The van der Waals surface area contributed by atoms with Gasteiger partial charge in [0.2, 0.25) is 0 Å². The van der Waals surface area contributed by atoms with E-state index in [1.165, 1.54) is 18.2 Å². The maximum atomic E-state index is 13.5. The quantitative estimate of drug-likeness (QED) is 0.907. The second kappa shape index (κ2) is 6.19. The van der Waals surface area contributed by atoms with E-state index in [1.807, 2.05) is 31.2 Å². The van der Waals surface area contributed by atoms with Crippen LogP contribution in [0.2, 0.25) is 0 Å². The molecular weight excluding hydrogens is 259 g/mol. The summed E-state index contributed by atoms with van der Waals surface area (Å²) >= 11 is 0. The Morgan fingerprint density at radius 1 is 1.20 bits per heavy atom. The summed E-state index contributed by atoms with van der Waals surface area (Å²) in [5.41, 5.74) is 2.48. The highest BCUT2D eigenvalue weighted by Gasteiger charge is 2.12. The molecule has 104 valence electrons. The SMILES string of the molecule is CCc1ccccc1-c1cc(F)ccc1OCC(=O)O. The average Bonchev–Trinajstić information content (AvgIpc) is 2.45. The van der Waals surface area contributed by atoms with Gasteiger partial charge in [-0.2, -0.15) is 0 Å². The fourth-order valence-corrected chi connectivity index (χ4v) is 2.07. The fourth-order valence-electron chi connectivity index (χ4n) is 2.07. The van der Waals surface area contributed by atoms with Crippen molar-refractivity contribution in [3.05, 3.63) is 53.8 Å².